The summed E-state index contributed by atoms with van der Waals surface area (Å²) >= 11 is 6.11. The van der Waals surface area contributed by atoms with E-state index in [2.05, 4.69) is 5.32 Å². The van der Waals surface area contributed by atoms with E-state index in [0.29, 0.717) is 23.5 Å². The van der Waals surface area contributed by atoms with Gasteiger partial charge in [0, 0.05) is 22.7 Å². The topological polar surface area (TPSA) is 58.6 Å². The molecule has 2 aromatic rings. The number of amides is 2. The van der Waals surface area contributed by atoms with Crippen molar-refractivity contribution in [2.45, 2.75) is 26.8 Å². The third-order valence-corrected chi connectivity index (χ3v) is 4.51. The first kappa shape index (κ1) is 19.2. The lowest BCUT2D eigenvalue weighted by atomic mass is 10.1. The van der Waals surface area contributed by atoms with Crippen LogP contribution in [-0.2, 0) is 16.1 Å². The predicted octanol–water partition coefficient (Wildman–Crippen LogP) is 4.39. The maximum Gasteiger partial charge on any atom is 0.265 e. The second-order valence-corrected chi connectivity index (χ2v) is 7.20. The molecule has 0 atom stereocenters. The Labute approximate surface area is 162 Å². The summed E-state index contributed by atoms with van der Waals surface area (Å²) in [6.07, 6.45) is 0.390. The molecule has 0 radical (unpaired) electrons. The summed E-state index contributed by atoms with van der Waals surface area (Å²) in [7, 11) is 0. The monoisotopic (exact) mass is 390 g/mol. The van der Waals surface area contributed by atoms with Crippen LogP contribution in [0.3, 0.4) is 0 Å². The number of carbonyl (C=O) groups is 2. The van der Waals surface area contributed by atoms with Gasteiger partial charge in [0.25, 0.3) is 5.91 Å². The van der Waals surface area contributed by atoms with Crippen LogP contribution in [0.5, 0.6) is 5.75 Å². The molecule has 3 rings (SSSR count). The van der Waals surface area contributed by atoms with E-state index in [1.807, 2.05) is 13.8 Å². The van der Waals surface area contributed by atoms with Crippen molar-refractivity contribution in [3.63, 3.8) is 0 Å². The zero-order valence-electron chi connectivity index (χ0n) is 15.1. The smallest absolute Gasteiger partial charge is 0.265 e. The van der Waals surface area contributed by atoms with E-state index in [9.17, 15) is 14.0 Å². The highest BCUT2D eigenvalue weighted by Gasteiger charge is 2.27. The molecule has 0 fully saturated rings. The summed E-state index contributed by atoms with van der Waals surface area (Å²) in [6, 6.07) is 9.44. The summed E-state index contributed by atoms with van der Waals surface area (Å²) < 4.78 is 19.6. The normalized spacial score (nSPS) is 13.4. The van der Waals surface area contributed by atoms with Gasteiger partial charge in [-0.3, -0.25) is 9.59 Å². The summed E-state index contributed by atoms with van der Waals surface area (Å²) in [5.41, 5.74) is 1.24. The van der Waals surface area contributed by atoms with Gasteiger partial charge in [-0.1, -0.05) is 31.5 Å². The highest BCUT2D eigenvalue weighted by molar-refractivity contribution is 6.31. The fourth-order valence-corrected chi connectivity index (χ4v) is 3.10. The Morgan fingerprint density at radius 2 is 2.11 bits per heavy atom. The SMILES string of the molecule is CC(C)CC(=O)Nc1ccc2c(c1)N(Cc1c(F)cccc1Cl)C(=O)CO2. The molecule has 2 amide bonds. The van der Waals surface area contributed by atoms with Crippen LogP contribution in [0.25, 0.3) is 0 Å². The van der Waals surface area contributed by atoms with E-state index < -0.39 is 5.82 Å². The van der Waals surface area contributed by atoms with Gasteiger partial charge in [-0.25, -0.2) is 4.39 Å². The molecule has 1 heterocycles. The van der Waals surface area contributed by atoms with E-state index in [4.69, 9.17) is 16.3 Å². The van der Waals surface area contributed by atoms with Crippen molar-refractivity contribution in [2.24, 2.45) is 5.92 Å². The van der Waals surface area contributed by atoms with E-state index in [-0.39, 0.29) is 41.5 Å². The molecular weight excluding hydrogens is 371 g/mol. The highest BCUT2D eigenvalue weighted by atomic mass is 35.5. The number of rotatable bonds is 5. The second kappa shape index (κ2) is 7.96. The molecule has 0 aliphatic carbocycles. The Bertz CT molecular complexity index is 865. The Hall–Kier alpha value is -2.60. The number of carbonyl (C=O) groups excluding carboxylic acids is 2. The summed E-state index contributed by atoms with van der Waals surface area (Å²) in [5, 5.41) is 3.06. The van der Waals surface area contributed by atoms with E-state index in [1.54, 1.807) is 24.3 Å². The second-order valence-electron chi connectivity index (χ2n) is 6.80. The lowest BCUT2D eigenvalue weighted by molar-refractivity contribution is -0.121. The van der Waals surface area contributed by atoms with Crippen LogP contribution >= 0.6 is 11.6 Å². The minimum absolute atomic E-state index is 0.0237. The van der Waals surface area contributed by atoms with Gasteiger partial charge in [-0.05, 0) is 36.2 Å². The van der Waals surface area contributed by atoms with Gasteiger partial charge in [0.1, 0.15) is 11.6 Å². The highest BCUT2D eigenvalue weighted by Crippen LogP contribution is 2.36. The van der Waals surface area contributed by atoms with Gasteiger partial charge in [-0.15, -0.1) is 0 Å². The zero-order valence-corrected chi connectivity index (χ0v) is 15.8. The average molecular weight is 391 g/mol. The molecular formula is C20H20ClFN2O3. The van der Waals surface area contributed by atoms with Crippen molar-refractivity contribution >= 4 is 34.8 Å². The van der Waals surface area contributed by atoms with Crippen molar-refractivity contribution in [3.05, 3.63) is 52.8 Å². The molecule has 1 aliphatic heterocycles. The number of halogens is 2. The minimum Gasteiger partial charge on any atom is -0.482 e. The first-order chi connectivity index (χ1) is 12.8. The van der Waals surface area contributed by atoms with Crippen LogP contribution < -0.4 is 15.0 Å². The molecule has 0 spiro atoms. The van der Waals surface area contributed by atoms with Crippen LogP contribution in [0, 0.1) is 11.7 Å². The largest absolute Gasteiger partial charge is 0.482 e. The minimum atomic E-state index is -0.482. The molecule has 7 heteroatoms. The summed E-state index contributed by atoms with van der Waals surface area (Å²) in [5.74, 6) is -0.190. The van der Waals surface area contributed by atoms with Gasteiger partial charge < -0.3 is 15.0 Å². The number of hydrogen-bond acceptors (Lipinski definition) is 3. The maximum atomic E-state index is 14.2. The van der Waals surface area contributed by atoms with Crippen molar-refractivity contribution in [1.29, 1.82) is 0 Å². The lowest BCUT2D eigenvalue weighted by Gasteiger charge is -2.30. The number of hydrogen-bond donors (Lipinski definition) is 1. The zero-order chi connectivity index (χ0) is 19.6. The van der Waals surface area contributed by atoms with Gasteiger partial charge in [0.05, 0.1) is 12.2 Å². The van der Waals surface area contributed by atoms with Gasteiger partial charge in [-0.2, -0.15) is 0 Å². The third kappa shape index (κ3) is 4.39. The quantitative estimate of drug-likeness (QED) is 0.823. The van der Waals surface area contributed by atoms with Crippen molar-refractivity contribution in [1.82, 2.24) is 0 Å². The molecule has 27 heavy (non-hydrogen) atoms. The van der Waals surface area contributed by atoms with Gasteiger partial charge in [0.15, 0.2) is 6.61 Å². The maximum absolute atomic E-state index is 14.2. The van der Waals surface area contributed by atoms with Crippen LogP contribution in [0.2, 0.25) is 5.02 Å². The number of nitrogens with one attached hydrogen (secondary N) is 1. The first-order valence-electron chi connectivity index (χ1n) is 8.65. The molecule has 0 saturated carbocycles. The van der Waals surface area contributed by atoms with Crippen molar-refractivity contribution in [3.8, 4) is 5.75 Å². The van der Waals surface area contributed by atoms with Crippen LogP contribution in [0.15, 0.2) is 36.4 Å². The number of ether oxygens (including phenoxy) is 1. The number of fused-ring (bicyclic) bond motifs is 1. The number of benzene rings is 2. The molecule has 142 valence electrons. The fraction of sp³-hybridized carbons (Fsp3) is 0.300. The third-order valence-electron chi connectivity index (χ3n) is 4.16. The van der Waals surface area contributed by atoms with Gasteiger partial charge in [0.2, 0.25) is 5.91 Å². The number of anilines is 2. The van der Waals surface area contributed by atoms with E-state index >= 15 is 0 Å². The Morgan fingerprint density at radius 3 is 2.81 bits per heavy atom. The van der Waals surface area contributed by atoms with E-state index in [1.165, 1.54) is 17.0 Å². The van der Waals surface area contributed by atoms with Gasteiger partial charge >= 0.3 is 0 Å². The molecule has 2 aromatic carbocycles. The van der Waals surface area contributed by atoms with Crippen molar-refractivity contribution in [2.75, 3.05) is 16.8 Å². The molecule has 1 aliphatic rings. The molecule has 0 bridgehead atoms. The van der Waals surface area contributed by atoms with E-state index in [0.717, 1.165) is 0 Å². The lowest BCUT2D eigenvalue weighted by Crippen LogP contribution is -2.38. The predicted molar refractivity (Wildman–Crippen MR) is 103 cm³/mol. The Balaban J connectivity index is 1.90. The average Bonchev–Trinajstić information content (AvgIpc) is 2.59. The van der Waals surface area contributed by atoms with Crippen LogP contribution in [-0.4, -0.2) is 18.4 Å². The van der Waals surface area contributed by atoms with Crippen LogP contribution in [0.1, 0.15) is 25.8 Å². The number of nitrogens with zero attached hydrogens (tertiary/aromatic N) is 1. The molecule has 0 unspecified atom stereocenters. The molecule has 0 aromatic heterocycles. The molecule has 1 N–H and O–H groups in total. The Morgan fingerprint density at radius 1 is 1.33 bits per heavy atom. The summed E-state index contributed by atoms with van der Waals surface area (Å²) in [6.45, 7) is 3.75. The first-order valence-corrected chi connectivity index (χ1v) is 9.03. The molecule has 5 nitrogen and oxygen atoms in total. The Kier molecular flexibility index (Phi) is 5.65. The van der Waals surface area contributed by atoms with Crippen LogP contribution in [0.4, 0.5) is 15.8 Å². The van der Waals surface area contributed by atoms with Crippen molar-refractivity contribution < 1.29 is 18.7 Å². The summed E-state index contributed by atoms with van der Waals surface area (Å²) in [4.78, 5) is 25.9. The standard InChI is InChI=1S/C20H20ClFN2O3/c1-12(2)8-19(25)23-13-6-7-18-17(9-13)24(20(26)11-27-18)10-14-15(21)4-3-5-16(14)22/h3-7,9,12H,8,10-11H2,1-2H3,(H,23,25). The fourth-order valence-electron chi connectivity index (χ4n) is 2.88. The molecule has 0 saturated heterocycles.